The molecule has 2 unspecified atom stereocenters. The van der Waals surface area contributed by atoms with Gasteiger partial charge in [-0.2, -0.15) is 0 Å². The first-order valence-electron chi connectivity index (χ1n) is 7.37. The molecule has 0 aromatic rings. The van der Waals surface area contributed by atoms with Crippen LogP contribution in [0.3, 0.4) is 0 Å². The van der Waals surface area contributed by atoms with Crippen molar-refractivity contribution in [2.45, 2.75) is 71.8 Å². The van der Waals surface area contributed by atoms with Gasteiger partial charge in [0.2, 0.25) is 0 Å². The van der Waals surface area contributed by atoms with Crippen LogP contribution in [0.5, 0.6) is 0 Å². The van der Waals surface area contributed by atoms with Gasteiger partial charge in [-0.05, 0) is 49.5 Å². The standard InChI is InChI=1S/C15H29N/c1-4-10-16-14(11-12-7-8-12)13-6-5-9-15(13,2)3/h12-14,16H,4-11H2,1-3H3. The first-order chi connectivity index (χ1) is 7.63. The molecule has 0 heterocycles. The van der Waals surface area contributed by atoms with Crippen molar-refractivity contribution in [2.75, 3.05) is 6.54 Å². The Labute approximate surface area is 101 Å². The highest BCUT2D eigenvalue weighted by Crippen LogP contribution is 2.47. The number of hydrogen-bond acceptors (Lipinski definition) is 1. The molecule has 0 amide bonds. The molecule has 94 valence electrons. The van der Waals surface area contributed by atoms with Gasteiger partial charge >= 0.3 is 0 Å². The molecule has 1 heteroatoms. The summed E-state index contributed by atoms with van der Waals surface area (Å²) in [5.74, 6) is 1.99. The van der Waals surface area contributed by atoms with E-state index < -0.39 is 0 Å². The highest BCUT2D eigenvalue weighted by atomic mass is 14.9. The number of hydrogen-bond donors (Lipinski definition) is 1. The average Bonchev–Trinajstić information content (AvgIpc) is 2.97. The SMILES string of the molecule is CCCNC(CC1CC1)C1CCCC1(C)C. The Kier molecular flexibility index (Phi) is 3.94. The fourth-order valence-electron chi connectivity index (χ4n) is 3.53. The normalized spacial score (nSPS) is 30.6. The monoisotopic (exact) mass is 223 g/mol. The van der Waals surface area contributed by atoms with Crippen LogP contribution in [0.25, 0.3) is 0 Å². The van der Waals surface area contributed by atoms with E-state index in [0.717, 1.165) is 17.9 Å². The second-order valence-corrected chi connectivity index (χ2v) is 6.73. The largest absolute Gasteiger partial charge is 0.314 e. The zero-order valence-electron chi connectivity index (χ0n) is 11.4. The van der Waals surface area contributed by atoms with Crippen molar-refractivity contribution in [2.24, 2.45) is 17.3 Å². The molecule has 0 aromatic heterocycles. The summed E-state index contributed by atoms with van der Waals surface area (Å²) in [7, 11) is 0. The van der Waals surface area contributed by atoms with Crippen molar-refractivity contribution in [1.82, 2.24) is 5.32 Å². The maximum Gasteiger partial charge on any atom is 0.0103 e. The predicted octanol–water partition coefficient (Wildman–Crippen LogP) is 3.98. The summed E-state index contributed by atoms with van der Waals surface area (Å²) in [6.45, 7) is 8.46. The Hall–Kier alpha value is -0.0400. The Bertz CT molecular complexity index is 217. The summed E-state index contributed by atoms with van der Waals surface area (Å²) < 4.78 is 0. The van der Waals surface area contributed by atoms with Crippen LogP contribution in [-0.4, -0.2) is 12.6 Å². The van der Waals surface area contributed by atoms with E-state index in [2.05, 4.69) is 26.1 Å². The van der Waals surface area contributed by atoms with Gasteiger partial charge in [-0.3, -0.25) is 0 Å². The molecule has 1 nitrogen and oxygen atoms in total. The van der Waals surface area contributed by atoms with E-state index in [4.69, 9.17) is 0 Å². The molecule has 0 radical (unpaired) electrons. The van der Waals surface area contributed by atoms with Gasteiger partial charge in [-0.1, -0.05) is 40.0 Å². The van der Waals surface area contributed by atoms with E-state index in [0.29, 0.717) is 5.41 Å². The minimum atomic E-state index is 0.584. The molecule has 0 spiro atoms. The Morgan fingerprint density at radius 2 is 2.00 bits per heavy atom. The molecule has 0 saturated heterocycles. The zero-order chi connectivity index (χ0) is 11.6. The Morgan fingerprint density at radius 3 is 2.50 bits per heavy atom. The first-order valence-corrected chi connectivity index (χ1v) is 7.37. The smallest absolute Gasteiger partial charge is 0.0103 e. The van der Waals surface area contributed by atoms with Crippen LogP contribution in [0, 0.1) is 17.3 Å². The maximum atomic E-state index is 3.84. The minimum absolute atomic E-state index is 0.584. The van der Waals surface area contributed by atoms with E-state index in [9.17, 15) is 0 Å². The maximum absolute atomic E-state index is 3.84. The van der Waals surface area contributed by atoms with Crippen molar-refractivity contribution in [1.29, 1.82) is 0 Å². The molecule has 2 fully saturated rings. The van der Waals surface area contributed by atoms with E-state index in [1.54, 1.807) is 0 Å². The first kappa shape index (κ1) is 12.4. The Morgan fingerprint density at radius 1 is 1.25 bits per heavy atom. The van der Waals surface area contributed by atoms with Gasteiger partial charge in [0, 0.05) is 6.04 Å². The summed E-state index contributed by atoms with van der Waals surface area (Å²) >= 11 is 0. The molecule has 0 bridgehead atoms. The fourth-order valence-corrected chi connectivity index (χ4v) is 3.53. The molecule has 1 N–H and O–H groups in total. The molecule has 2 aliphatic carbocycles. The van der Waals surface area contributed by atoms with Crippen LogP contribution in [-0.2, 0) is 0 Å². The Balaban J connectivity index is 1.92. The highest BCUT2D eigenvalue weighted by Gasteiger charge is 2.40. The van der Waals surface area contributed by atoms with Gasteiger partial charge in [0.15, 0.2) is 0 Å². The van der Waals surface area contributed by atoms with Gasteiger partial charge < -0.3 is 5.32 Å². The molecular formula is C15H29N. The van der Waals surface area contributed by atoms with Crippen LogP contribution >= 0.6 is 0 Å². The van der Waals surface area contributed by atoms with Crippen LogP contribution < -0.4 is 5.32 Å². The molecule has 2 atom stereocenters. The van der Waals surface area contributed by atoms with E-state index >= 15 is 0 Å². The van der Waals surface area contributed by atoms with Gasteiger partial charge in [-0.25, -0.2) is 0 Å². The molecule has 2 rings (SSSR count). The van der Waals surface area contributed by atoms with Crippen LogP contribution in [0.1, 0.15) is 65.7 Å². The summed E-state index contributed by atoms with van der Waals surface area (Å²) in [6.07, 6.45) is 10.1. The lowest BCUT2D eigenvalue weighted by molar-refractivity contribution is 0.185. The van der Waals surface area contributed by atoms with E-state index in [1.165, 1.54) is 51.5 Å². The van der Waals surface area contributed by atoms with Gasteiger partial charge in [0.1, 0.15) is 0 Å². The quantitative estimate of drug-likeness (QED) is 0.718. The van der Waals surface area contributed by atoms with Crippen LogP contribution in [0.15, 0.2) is 0 Å². The summed E-state index contributed by atoms with van der Waals surface area (Å²) in [4.78, 5) is 0. The van der Waals surface area contributed by atoms with Crippen molar-refractivity contribution in [3.8, 4) is 0 Å². The third kappa shape index (κ3) is 3.00. The average molecular weight is 223 g/mol. The summed E-state index contributed by atoms with van der Waals surface area (Å²) in [6, 6.07) is 0.810. The lowest BCUT2D eigenvalue weighted by Crippen LogP contribution is -2.41. The van der Waals surface area contributed by atoms with E-state index in [1.807, 2.05) is 0 Å². The molecule has 2 saturated carbocycles. The van der Waals surface area contributed by atoms with Crippen LogP contribution in [0.4, 0.5) is 0 Å². The third-order valence-electron chi connectivity index (χ3n) is 4.77. The number of rotatable bonds is 6. The predicted molar refractivity (Wildman–Crippen MR) is 70.5 cm³/mol. The van der Waals surface area contributed by atoms with Crippen molar-refractivity contribution >= 4 is 0 Å². The van der Waals surface area contributed by atoms with Crippen molar-refractivity contribution < 1.29 is 0 Å². The van der Waals surface area contributed by atoms with Crippen molar-refractivity contribution in [3.05, 3.63) is 0 Å². The molecular weight excluding hydrogens is 194 g/mol. The topological polar surface area (TPSA) is 12.0 Å². The lowest BCUT2D eigenvalue weighted by Gasteiger charge is -2.35. The van der Waals surface area contributed by atoms with Gasteiger partial charge in [0.05, 0.1) is 0 Å². The highest BCUT2D eigenvalue weighted by molar-refractivity contribution is 4.94. The zero-order valence-corrected chi connectivity index (χ0v) is 11.4. The van der Waals surface area contributed by atoms with Gasteiger partial charge in [-0.15, -0.1) is 0 Å². The lowest BCUT2D eigenvalue weighted by atomic mass is 9.76. The minimum Gasteiger partial charge on any atom is -0.314 e. The second-order valence-electron chi connectivity index (χ2n) is 6.73. The molecule has 16 heavy (non-hydrogen) atoms. The molecule has 0 aliphatic heterocycles. The summed E-state index contributed by atoms with van der Waals surface area (Å²) in [5, 5.41) is 3.84. The molecule has 2 aliphatic rings. The van der Waals surface area contributed by atoms with Crippen LogP contribution in [0.2, 0.25) is 0 Å². The third-order valence-corrected chi connectivity index (χ3v) is 4.77. The van der Waals surface area contributed by atoms with E-state index in [-0.39, 0.29) is 0 Å². The molecule has 0 aromatic carbocycles. The van der Waals surface area contributed by atoms with Crippen molar-refractivity contribution in [3.63, 3.8) is 0 Å². The van der Waals surface area contributed by atoms with Gasteiger partial charge in [0.25, 0.3) is 0 Å². The fraction of sp³-hybridized carbons (Fsp3) is 1.00. The second kappa shape index (κ2) is 5.08. The summed E-state index contributed by atoms with van der Waals surface area (Å²) in [5.41, 5.74) is 0.584. The number of nitrogens with one attached hydrogen (secondary N) is 1.